The highest BCUT2D eigenvalue weighted by Crippen LogP contribution is 2.30. The van der Waals surface area contributed by atoms with E-state index in [2.05, 4.69) is 15.3 Å². The Kier molecular flexibility index (Phi) is 6.16. The lowest BCUT2D eigenvalue weighted by Gasteiger charge is -2.34. The number of hydrogen-bond donors (Lipinski definition) is 0. The summed E-state index contributed by atoms with van der Waals surface area (Å²) in [6.07, 6.45) is 6.23. The molecule has 3 heterocycles. The molecule has 0 radical (unpaired) electrons. The molecule has 0 bridgehead atoms. The predicted octanol–water partition coefficient (Wildman–Crippen LogP) is 1.91. The average molecular weight is 370 g/mol. The monoisotopic (exact) mass is 370 g/mol. The molecular formula is C19H26N6O2. The van der Waals surface area contributed by atoms with Crippen LogP contribution in [0.4, 0.5) is 0 Å². The zero-order chi connectivity index (χ0) is 19.2. The van der Waals surface area contributed by atoms with Crippen molar-refractivity contribution in [1.82, 2.24) is 29.8 Å². The number of carbonyl (C=O) groups excluding carboxylic acids is 2. The minimum absolute atomic E-state index is 0.0340. The lowest BCUT2D eigenvalue weighted by Crippen LogP contribution is -2.39. The molecule has 2 amide bonds. The molecular weight excluding hydrogens is 344 g/mol. The molecule has 0 saturated carbocycles. The predicted molar refractivity (Wildman–Crippen MR) is 99.8 cm³/mol. The van der Waals surface area contributed by atoms with Gasteiger partial charge >= 0.3 is 0 Å². The van der Waals surface area contributed by atoms with Crippen molar-refractivity contribution in [1.29, 1.82) is 0 Å². The van der Waals surface area contributed by atoms with Crippen molar-refractivity contribution in [3.8, 4) is 0 Å². The standard InChI is InChI=1S/C19H26N6O2/c1-3-23(4-2)18(26)14-24-13-16(21-22-24)19(27)25-12-8-6-10-17(25)15-9-5-7-11-20-15/h5,7,9,11,13,17H,3-4,6,8,10,12,14H2,1-2H3. The Morgan fingerprint density at radius 3 is 2.74 bits per heavy atom. The third-order valence-electron chi connectivity index (χ3n) is 4.96. The van der Waals surface area contributed by atoms with Crippen molar-refractivity contribution in [3.05, 3.63) is 42.0 Å². The van der Waals surface area contributed by atoms with Crippen LogP contribution in [0.15, 0.2) is 30.6 Å². The molecule has 2 aromatic rings. The molecule has 8 nitrogen and oxygen atoms in total. The Hall–Kier alpha value is -2.77. The number of hydrogen-bond acceptors (Lipinski definition) is 5. The van der Waals surface area contributed by atoms with Crippen LogP contribution in [0.1, 0.15) is 55.3 Å². The SMILES string of the molecule is CCN(CC)C(=O)Cn1cc(C(=O)N2CCCCC2c2ccccn2)nn1. The first-order valence-electron chi connectivity index (χ1n) is 9.53. The highest BCUT2D eigenvalue weighted by atomic mass is 16.2. The molecule has 0 spiro atoms. The topological polar surface area (TPSA) is 84.2 Å². The van der Waals surface area contributed by atoms with Gasteiger partial charge in [0.2, 0.25) is 5.91 Å². The summed E-state index contributed by atoms with van der Waals surface area (Å²) in [6, 6.07) is 5.72. The molecule has 1 aliphatic rings. The average Bonchev–Trinajstić information content (AvgIpc) is 3.17. The summed E-state index contributed by atoms with van der Waals surface area (Å²) in [4.78, 5) is 33.2. The molecule has 8 heteroatoms. The minimum Gasteiger partial charge on any atom is -0.342 e. The van der Waals surface area contributed by atoms with E-state index in [0.29, 0.717) is 19.6 Å². The molecule has 1 aliphatic heterocycles. The lowest BCUT2D eigenvalue weighted by molar-refractivity contribution is -0.131. The molecule has 2 aromatic heterocycles. The van der Waals surface area contributed by atoms with Crippen molar-refractivity contribution < 1.29 is 9.59 Å². The van der Waals surface area contributed by atoms with E-state index in [4.69, 9.17) is 0 Å². The van der Waals surface area contributed by atoms with Crippen LogP contribution >= 0.6 is 0 Å². The highest BCUT2D eigenvalue weighted by Gasteiger charge is 2.31. The molecule has 27 heavy (non-hydrogen) atoms. The maximum Gasteiger partial charge on any atom is 0.276 e. The fourth-order valence-corrected chi connectivity index (χ4v) is 3.49. The van der Waals surface area contributed by atoms with Gasteiger partial charge in [0.25, 0.3) is 5.91 Å². The summed E-state index contributed by atoms with van der Waals surface area (Å²) in [5, 5.41) is 7.99. The van der Waals surface area contributed by atoms with Crippen LogP contribution < -0.4 is 0 Å². The van der Waals surface area contributed by atoms with Crippen molar-refractivity contribution in [2.75, 3.05) is 19.6 Å². The number of carbonyl (C=O) groups is 2. The number of aromatic nitrogens is 4. The van der Waals surface area contributed by atoms with Crippen LogP contribution in [0.2, 0.25) is 0 Å². The van der Waals surface area contributed by atoms with Crippen LogP contribution in [0.3, 0.4) is 0 Å². The van der Waals surface area contributed by atoms with Gasteiger partial charge in [0, 0.05) is 25.8 Å². The third-order valence-corrected chi connectivity index (χ3v) is 4.96. The second-order valence-electron chi connectivity index (χ2n) is 6.63. The summed E-state index contributed by atoms with van der Waals surface area (Å²) in [5.41, 5.74) is 1.17. The molecule has 1 atom stereocenters. The van der Waals surface area contributed by atoms with E-state index in [-0.39, 0.29) is 30.1 Å². The second kappa shape index (κ2) is 8.75. The minimum atomic E-state index is -0.160. The molecule has 0 N–H and O–H groups in total. The number of piperidine rings is 1. The Morgan fingerprint density at radius 1 is 1.22 bits per heavy atom. The highest BCUT2D eigenvalue weighted by molar-refractivity contribution is 5.92. The van der Waals surface area contributed by atoms with Crippen molar-refractivity contribution >= 4 is 11.8 Å². The van der Waals surface area contributed by atoms with E-state index in [1.807, 2.05) is 36.9 Å². The number of amides is 2. The van der Waals surface area contributed by atoms with Gasteiger partial charge in [-0.1, -0.05) is 11.3 Å². The summed E-state index contributed by atoms with van der Waals surface area (Å²) in [7, 11) is 0. The van der Waals surface area contributed by atoms with Gasteiger partial charge in [-0.25, -0.2) is 4.68 Å². The van der Waals surface area contributed by atoms with Gasteiger partial charge in [0.15, 0.2) is 5.69 Å². The largest absolute Gasteiger partial charge is 0.342 e. The summed E-state index contributed by atoms with van der Waals surface area (Å²) in [5.74, 6) is -0.194. The van der Waals surface area contributed by atoms with Gasteiger partial charge in [-0.2, -0.15) is 0 Å². The molecule has 0 aliphatic carbocycles. The van der Waals surface area contributed by atoms with E-state index in [9.17, 15) is 9.59 Å². The Morgan fingerprint density at radius 2 is 2.04 bits per heavy atom. The number of likely N-dealkylation sites (tertiary alicyclic amines) is 1. The van der Waals surface area contributed by atoms with Gasteiger partial charge in [-0.15, -0.1) is 5.10 Å². The van der Waals surface area contributed by atoms with Crippen LogP contribution in [-0.4, -0.2) is 61.2 Å². The fraction of sp³-hybridized carbons (Fsp3) is 0.526. The maximum absolute atomic E-state index is 13.0. The van der Waals surface area contributed by atoms with Gasteiger partial charge in [0.1, 0.15) is 6.54 Å². The quantitative estimate of drug-likeness (QED) is 0.775. The Balaban J connectivity index is 1.73. The van der Waals surface area contributed by atoms with E-state index in [1.165, 1.54) is 4.68 Å². The van der Waals surface area contributed by atoms with Crippen LogP contribution in [0.25, 0.3) is 0 Å². The van der Waals surface area contributed by atoms with Crippen molar-refractivity contribution in [3.63, 3.8) is 0 Å². The second-order valence-corrected chi connectivity index (χ2v) is 6.63. The maximum atomic E-state index is 13.0. The number of nitrogens with zero attached hydrogens (tertiary/aromatic N) is 6. The Labute approximate surface area is 159 Å². The summed E-state index contributed by atoms with van der Waals surface area (Å²) >= 11 is 0. The number of rotatable bonds is 6. The Bertz CT molecular complexity index is 772. The van der Waals surface area contributed by atoms with Crippen LogP contribution in [-0.2, 0) is 11.3 Å². The lowest BCUT2D eigenvalue weighted by atomic mass is 9.98. The van der Waals surface area contributed by atoms with Crippen LogP contribution in [0, 0.1) is 0 Å². The first-order chi connectivity index (χ1) is 13.1. The van der Waals surface area contributed by atoms with E-state index in [1.54, 1.807) is 17.3 Å². The molecule has 3 rings (SSSR count). The fourth-order valence-electron chi connectivity index (χ4n) is 3.49. The van der Waals surface area contributed by atoms with Crippen LogP contribution in [0.5, 0.6) is 0 Å². The normalized spacial score (nSPS) is 17.0. The zero-order valence-electron chi connectivity index (χ0n) is 15.9. The summed E-state index contributed by atoms with van der Waals surface area (Å²) in [6.45, 7) is 5.93. The smallest absolute Gasteiger partial charge is 0.276 e. The van der Waals surface area contributed by atoms with Gasteiger partial charge < -0.3 is 9.80 Å². The van der Waals surface area contributed by atoms with Gasteiger partial charge in [-0.3, -0.25) is 14.6 Å². The van der Waals surface area contributed by atoms with Gasteiger partial charge in [-0.05, 0) is 45.2 Å². The number of likely N-dealkylation sites (N-methyl/N-ethyl adjacent to an activating group) is 1. The van der Waals surface area contributed by atoms with E-state index in [0.717, 1.165) is 25.0 Å². The van der Waals surface area contributed by atoms with Crippen molar-refractivity contribution in [2.45, 2.75) is 45.7 Å². The van der Waals surface area contributed by atoms with Gasteiger partial charge in [0.05, 0.1) is 17.9 Å². The third kappa shape index (κ3) is 4.32. The number of pyridine rings is 1. The first-order valence-corrected chi connectivity index (χ1v) is 9.53. The van der Waals surface area contributed by atoms with E-state index >= 15 is 0 Å². The summed E-state index contributed by atoms with van der Waals surface area (Å²) < 4.78 is 1.44. The molecule has 144 valence electrons. The van der Waals surface area contributed by atoms with Crippen molar-refractivity contribution in [2.24, 2.45) is 0 Å². The first kappa shape index (κ1) is 19.0. The molecule has 0 aromatic carbocycles. The molecule has 1 unspecified atom stereocenters. The molecule has 1 fully saturated rings. The molecule has 1 saturated heterocycles. The zero-order valence-corrected chi connectivity index (χ0v) is 15.9. The van der Waals surface area contributed by atoms with E-state index < -0.39 is 0 Å².